The van der Waals surface area contributed by atoms with Gasteiger partial charge >= 0.3 is 0 Å². The summed E-state index contributed by atoms with van der Waals surface area (Å²) in [6.45, 7) is 5.64. The molecule has 1 aromatic carbocycles. The van der Waals surface area contributed by atoms with Crippen molar-refractivity contribution in [1.29, 1.82) is 0 Å². The second-order valence-corrected chi connectivity index (χ2v) is 5.66. The number of halogens is 1. The molecule has 2 aromatic heterocycles. The third kappa shape index (κ3) is 4.15. The first kappa shape index (κ1) is 17.0. The quantitative estimate of drug-likeness (QED) is 0.551. The number of aromatic nitrogens is 1. The Bertz CT molecular complexity index is 874. The Labute approximate surface area is 146 Å². The zero-order chi connectivity index (χ0) is 17.6. The minimum absolute atomic E-state index is 0.263. The van der Waals surface area contributed by atoms with Gasteiger partial charge in [-0.3, -0.25) is 4.98 Å². The number of fused-ring (bicyclic) bond motifs is 1. The fourth-order valence-corrected chi connectivity index (χ4v) is 2.57. The van der Waals surface area contributed by atoms with E-state index in [-0.39, 0.29) is 5.82 Å². The van der Waals surface area contributed by atoms with E-state index in [4.69, 9.17) is 4.42 Å². The topological polar surface area (TPSA) is 62.5 Å². The fourth-order valence-electron chi connectivity index (χ4n) is 2.57. The maximum absolute atomic E-state index is 13.4. The third-order valence-corrected chi connectivity index (χ3v) is 3.88. The summed E-state index contributed by atoms with van der Waals surface area (Å²) < 4.78 is 19.2. The molecule has 3 aromatic rings. The Kier molecular flexibility index (Phi) is 5.28. The first-order chi connectivity index (χ1) is 12.2. The Balaban J connectivity index is 1.72. The lowest BCUT2D eigenvalue weighted by Gasteiger charge is -2.10. The molecule has 0 saturated heterocycles. The molecule has 0 aliphatic heterocycles. The Hall–Kier alpha value is -2.89. The van der Waals surface area contributed by atoms with Crippen LogP contribution in [-0.2, 0) is 13.1 Å². The molecule has 0 atom stereocenters. The molecule has 2 heterocycles. The highest BCUT2D eigenvalue weighted by molar-refractivity contribution is 5.83. The van der Waals surface area contributed by atoms with Gasteiger partial charge in [0.15, 0.2) is 5.96 Å². The van der Waals surface area contributed by atoms with E-state index in [1.165, 1.54) is 12.1 Å². The number of aliphatic imine (C=N–C) groups is 1. The number of benzene rings is 1. The van der Waals surface area contributed by atoms with Gasteiger partial charge in [-0.25, -0.2) is 9.38 Å². The van der Waals surface area contributed by atoms with E-state index in [1.54, 1.807) is 12.3 Å². The number of hydrogen-bond acceptors (Lipinski definition) is 3. The Morgan fingerprint density at radius 3 is 2.88 bits per heavy atom. The highest BCUT2D eigenvalue weighted by Crippen LogP contribution is 2.25. The van der Waals surface area contributed by atoms with Crippen molar-refractivity contribution < 1.29 is 8.81 Å². The highest BCUT2D eigenvalue weighted by Gasteiger charge is 2.11. The van der Waals surface area contributed by atoms with E-state index in [2.05, 4.69) is 20.6 Å². The monoisotopic (exact) mass is 340 g/mol. The van der Waals surface area contributed by atoms with Crippen molar-refractivity contribution in [2.45, 2.75) is 26.9 Å². The number of nitrogens with zero attached hydrogens (tertiary/aromatic N) is 2. The summed E-state index contributed by atoms with van der Waals surface area (Å²) >= 11 is 0. The number of furan rings is 1. The van der Waals surface area contributed by atoms with Gasteiger partial charge in [0.2, 0.25) is 0 Å². The molecule has 130 valence electrons. The SMILES string of the molecule is CCNC(=NCc1ccccn1)NCc1oc2ccc(F)cc2c1C. The van der Waals surface area contributed by atoms with Gasteiger partial charge in [-0.1, -0.05) is 6.07 Å². The molecular weight excluding hydrogens is 319 g/mol. The van der Waals surface area contributed by atoms with Crippen LogP contribution < -0.4 is 10.6 Å². The van der Waals surface area contributed by atoms with E-state index in [9.17, 15) is 4.39 Å². The lowest BCUT2D eigenvalue weighted by molar-refractivity contribution is 0.534. The Morgan fingerprint density at radius 1 is 1.24 bits per heavy atom. The second kappa shape index (κ2) is 7.79. The minimum Gasteiger partial charge on any atom is -0.459 e. The van der Waals surface area contributed by atoms with E-state index < -0.39 is 0 Å². The molecule has 0 unspecified atom stereocenters. The first-order valence-electron chi connectivity index (χ1n) is 8.27. The fraction of sp³-hybridized carbons (Fsp3) is 0.263. The van der Waals surface area contributed by atoms with Gasteiger partial charge in [-0.15, -0.1) is 0 Å². The van der Waals surface area contributed by atoms with E-state index in [0.717, 1.165) is 28.9 Å². The maximum atomic E-state index is 13.4. The number of hydrogen-bond donors (Lipinski definition) is 2. The van der Waals surface area contributed by atoms with Gasteiger partial charge in [0.1, 0.15) is 17.2 Å². The lowest BCUT2D eigenvalue weighted by atomic mass is 10.1. The van der Waals surface area contributed by atoms with Crippen LogP contribution in [0.1, 0.15) is 23.9 Å². The average molecular weight is 340 g/mol. The summed E-state index contributed by atoms with van der Waals surface area (Å²) in [5, 5.41) is 7.24. The summed E-state index contributed by atoms with van der Waals surface area (Å²) in [6.07, 6.45) is 1.75. The molecule has 2 N–H and O–H groups in total. The average Bonchev–Trinajstić information content (AvgIpc) is 2.94. The van der Waals surface area contributed by atoms with Crippen molar-refractivity contribution in [3.05, 3.63) is 65.4 Å². The van der Waals surface area contributed by atoms with Crippen LogP contribution >= 0.6 is 0 Å². The number of rotatable bonds is 5. The van der Waals surface area contributed by atoms with Crippen LogP contribution in [0.4, 0.5) is 4.39 Å². The van der Waals surface area contributed by atoms with E-state index >= 15 is 0 Å². The van der Waals surface area contributed by atoms with Gasteiger partial charge in [-0.2, -0.15) is 0 Å². The molecule has 6 heteroatoms. The molecular formula is C19H21FN4O. The predicted octanol–water partition coefficient (Wildman–Crippen LogP) is 3.53. The first-order valence-corrected chi connectivity index (χ1v) is 8.27. The van der Waals surface area contributed by atoms with Crippen LogP contribution in [0.2, 0.25) is 0 Å². The maximum Gasteiger partial charge on any atom is 0.192 e. The molecule has 0 aliphatic rings. The van der Waals surface area contributed by atoms with Crippen LogP contribution in [0.5, 0.6) is 0 Å². The predicted molar refractivity (Wildman–Crippen MR) is 96.8 cm³/mol. The number of pyridine rings is 1. The smallest absolute Gasteiger partial charge is 0.192 e. The molecule has 25 heavy (non-hydrogen) atoms. The zero-order valence-electron chi connectivity index (χ0n) is 14.3. The molecule has 0 aliphatic carbocycles. The summed E-state index contributed by atoms with van der Waals surface area (Å²) in [5.74, 6) is 1.18. The molecule has 0 spiro atoms. The summed E-state index contributed by atoms with van der Waals surface area (Å²) in [7, 11) is 0. The van der Waals surface area contributed by atoms with Crippen molar-refractivity contribution in [2.24, 2.45) is 4.99 Å². The normalized spacial score (nSPS) is 11.7. The molecule has 0 radical (unpaired) electrons. The lowest BCUT2D eigenvalue weighted by Crippen LogP contribution is -2.36. The molecule has 0 amide bonds. The standard InChI is InChI=1S/C19H21FN4O/c1-3-21-19(23-11-15-6-4-5-9-22-15)24-12-18-13(2)16-10-14(20)7-8-17(16)25-18/h4-10H,3,11-12H2,1-2H3,(H2,21,23,24). The largest absolute Gasteiger partial charge is 0.459 e. The molecule has 0 saturated carbocycles. The van der Waals surface area contributed by atoms with E-state index in [1.807, 2.05) is 32.0 Å². The van der Waals surface area contributed by atoms with E-state index in [0.29, 0.717) is 24.6 Å². The van der Waals surface area contributed by atoms with Gasteiger partial charge in [0.25, 0.3) is 0 Å². The Morgan fingerprint density at radius 2 is 2.12 bits per heavy atom. The van der Waals surface area contributed by atoms with Crippen molar-refractivity contribution >= 4 is 16.9 Å². The van der Waals surface area contributed by atoms with Crippen molar-refractivity contribution in [1.82, 2.24) is 15.6 Å². The zero-order valence-corrected chi connectivity index (χ0v) is 14.3. The number of nitrogens with one attached hydrogen (secondary N) is 2. The van der Waals surface area contributed by atoms with Crippen molar-refractivity contribution in [2.75, 3.05) is 6.54 Å². The van der Waals surface area contributed by atoms with Crippen LogP contribution in [0, 0.1) is 12.7 Å². The van der Waals surface area contributed by atoms with Crippen LogP contribution in [0.15, 0.2) is 52.0 Å². The second-order valence-electron chi connectivity index (χ2n) is 5.66. The molecule has 0 fully saturated rings. The third-order valence-electron chi connectivity index (χ3n) is 3.88. The van der Waals surface area contributed by atoms with Gasteiger partial charge in [-0.05, 0) is 44.2 Å². The molecule has 0 bridgehead atoms. The van der Waals surface area contributed by atoms with Crippen LogP contribution in [0.25, 0.3) is 11.0 Å². The van der Waals surface area contributed by atoms with Gasteiger partial charge in [0.05, 0.1) is 18.8 Å². The van der Waals surface area contributed by atoms with Gasteiger partial charge < -0.3 is 15.1 Å². The number of aryl methyl sites for hydroxylation is 1. The molecule has 3 rings (SSSR count). The highest BCUT2D eigenvalue weighted by atomic mass is 19.1. The summed E-state index contributed by atoms with van der Waals surface area (Å²) in [5.41, 5.74) is 2.52. The summed E-state index contributed by atoms with van der Waals surface area (Å²) in [4.78, 5) is 8.79. The van der Waals surface area contributed by atoms with Crippen LogP contribution in [-0.4, -0.2) is 17.5 Å². The van der Waals surface area contributed by atoms with Gasteiger partial charge in [0, 0.05) is 23.7 Å². The van der Waals surface area contributed by atoms with Crippen LogP contribution in [0.3, 0.4) is 0 Å². The van der Waals surface area contributed by atoms with Crippen molar-refractivity contribution in [3.63, 3.8) is 0 Å². The van der Waals surface area contributed by atoms with Crippen molar-refractivity contribution in [3.8, 4) is 0 Å². The minimum atomic E-state index is -0.263. The molecule has 5 nitrogen and oxygen atoms in total. The number of guanidine groups is 1. The summed E-state index contributed by atoms with van der Waals surface area (Å²) in [6, 6.07) is 10.3.